The molecule has 2 aliphatic rings. The minimum atomic E-state index is -4.31. The third-order valence-corrected chi connectivity index (χ3v) is 7.22. The van der Waals surface area contributed by atoms with Gasteiger partial charge < -0.3 is 15.0 Å². The van der Waals surface area contributed by atoms with Crippen LogP contribution in [0.25, 0.3) is 0 Å². The van der Waals surface area contributed by atoms with Crippen molar-refractivity contribution in [3.8, 4) is 0 Å². The third kappa shape index (κ3) is 7.07. The molecule has 1 N–H and O–H groups in total. The van der Waals surface area contributed by atoms with Gasteiger partial charge in [-0.15, -0.1) is 0 Å². The second kappa shape index (κ2) is 11.1. The van der Waals surface area contributed by atoms with Gasteiger partial charge in [-0.2, -0.15) is 13.2 Å². The molecule has 0 aliphatic carbocycles. The number of likely N-dealkylation sites (tertiary alicyclic amines) is 1. The minimum Gasteiger partial charge on any atom is -0.367 e. The summed E-state index contributed by atoms with van der Waals surface area (Å²) in [6, 6.07) is 0.979. The number of nitrogens with one attached hydrogen (secondary N) is 1. The normalized spacial score (nSPS) is 20.3. The van der Waals surface area contributed by atoms with E-state index >= 15 is 0 Å². The number of pyridine rings is 1. The first-order valence-corrected chi connectivity index (χ1v) is 12.2. The highest BCUT2D eigenvalue weighted by molar-refractivity contribution is 7.17. The number of aromatic nitrogens is 2. The maximum absolute atomic E-state index is 13.7. The van der Waals surface area contributed by atoms with Crippen LogP contribution in [0, 0.1) is 11.6 Å². The van der Waals surface area contributed by atoms with Crippen LogP contribution in [0.1, 0.15) is 41.0 Å². The SMILES string of the molecule is O=C(NCc1ncc(F)cc1F)c1cnc(N2CCC(N3CCC[C@@H](OCC(F)(F)F)C3)CC2)s1. The fraction of sp³-hybridized carbons (Fsp3) is 0.591. The molecule has 4 rings (SSSR count). The number of carbonyl (C=O) groups excluding carboxylic acids is 1. The van der Waals surface area contributed by atoms with E-state index < -0.39 is 36.4 Å². The van der Waals surface area contributed by atoms with E-state index in [1.807, 2.05) is 0 Å². The summed E-state index contributed by atoms with van der Waals surface area (Å²) in [7, 11) is 0. The first kappa shape index (κ1) is 25.7. The van der Waals surface area contributed by atoms with Gasteiger partial charge in [0.05, 0.1) is 30.7 Å². The molecule has 2 aromatic heterocycles. The second-order valence-corrected chi connectivity index (χ2v) is 9.68. The van der Waals surface area contributed by atoms with Gasteiger partial charge in [-0.05, 0) is 32.2 Å². The Kier molecular flexibility index (Phi) is 8.17. The molecule has 4 heterocycles. The molecule has 1 amide bonds. The van der Waals surface area contributed by atoms with Crippen LogP contribution in [0.5, 0.6) is 0 Å². The van der Waals surface area contributed by atoms with Crippen LogP contribution in [0.15, 0.2) is 18.5 Å². The lowest BCUT2D eigenvalue weighted by Gasteiger charge is -2.42. The number of nitrogens with zero attached hydrogens (tertiary/aromatic N) is 4. The topological polar surface area (TPSA) is 70.6 Å². The number of piperidine rings is 2. The van der Waals surface area contributed by atoms with Gasteiger partial charge in [-0.1, -0.05) is 11.3 Å². The number of anilines is 1. The van der Waals surface area contributed by atoms with Crippen LogP contribution in [0.3, 0.4) is 0 Å². The predicted molar refractivity (Wildman–Crippen MR) is 119 cm³/mol. The van der Waals surface area contributed by atoms with Gasteiger partial charge in [0.25, 0.3) is 5.91 Å². The lowest BCUT2D eigenvalue weighted by Crippen LogP contribution is -2.50. The van der Waals surface area contributed by atoms with Crippen molar-refractivity contribution < 1.29 is 31.5 Å². The van der Waals surface area contributed by atoms with Crippen molar-refractivity contribution in [2.45, 2.75) is 50.6 Å². The quantitative estimate of drug-likeness (QED) is 0.562. The fourth-order valence-electron chi connectivity index (χ4n) is 4.41. The molecule has 0 radical (unpaired) electrons. The summed E-state index contributed by atoms with van der Waals surface area (Å²) >= 11 is 1.22. The standard InChI is InChI=1S/C22H26F5N5O2S/c23-14-8-17(24)18(28-9-14)10-29-20(33)19-11-30-21(35-19)31-6-3-15(4-7-31)32-5-1-2-16(12-32)34-13-22(25,26)27/h8-9,11,15-16H,1-7,10,12-13H2,(H,29,33)/t16-/m1/s1. The average Bonchev–Trinajstić information content (AvgIpc) is 3.32. The molecule has 2 aliphatic heterocycles. The van der Waals surface area contributed by atoms with Crippen LogP contribution >= 0.6 is 11.3 Å². The molecule has 0 spiro atoms. The summed E-state index contributed by atoms with van der Waals surface area (Å²) in [5.74, 6) is -2.04. The van der Waals surface area contributed by atoms with E-state index in [4.69, 9.17) is 4.74 Å². The molecular formula is C22H26F5N5O2S. The van der Waals surface area contributed by atoms with Crippen LogP contribution < -0.4 is 10.2 Å². The van der Waals surface area contributed by atoms with E-state index in [0.717, 1.165) is 32.0 Å². The number of hydrogen-bond acceptors (Lipinski definition) is 7. The molecule has 2 saturated heterocycles. The average molecular weight is 520 g/mol. The number of halogens is 5. The Labute approximate surface area is 203 Å². The Morgan fingerprint density at radius 1 is 1.14 bits per heavy atom. The van der Waals surface area contributed by atoms with Gasteiger partial charge in [0.15, 0.2) is 5.13 Å². The van der Waals surface area contributed by atoms with Gasteiger partial charge in [-0.25, -0.2) is 13.8 Å². The maximum atomic E-state index is 13.7. The van der Waals surface area contributed by atoms with E-state index in [0.29, 0.717) is 42.1 Å². The number of rotatable bonds is 7. The molecule has 13 heteroatoms. The lowest BCUT2D eigenvalue weighted by molar-refractivity contribution is -0.190. The summed E-state index contributed by atoms with van der Waals surface area (Å²) in [4.78, 5) is 25.1. The van der Waals surface area contributed by atoms with Crippen molar-refractivity contribution in [3.63, 3.8) is 0 Å². The smallest absolute Gasteiger partial charge is 0.367 e. The van der Waals surface area contributed by atoms with E-state index in [1.54, 1.807) is 0 Å². The second-order valence-electron chi connectivity index (χ2n) is 8.68. The Morgan fingerprint density at radius 3 is 2.63 bits per heavy atom. The molecule has 0 aromatic carbocycles. The molecule has 0 unspecified atom stereocenters. The molecule has 7 nitrogen and oxygen atoms in total. The fourth-order valence-corrected chi connectivity index (χ4v) is 5.29. The van der Waals surface area contributed by atoms with Crippen molar-refractivity contribution in [2.24, 2.45) is 0 Å². The van der Waals surface area contributed by atoms with Gasteiger partial charge >= 0.3 is 6.18 Å². The maximum Gasteiger partial charge on any atom is 0.411 e. The van der Waals surface area contributed by atoms with Crippen molar-refractivity contribution in [1.29, 1.82) is 0 Å². The summed E-state index contributed by atoms with van der Waals surface area (Å²) in [6.07, 6.45) is 0.754. The van der Waals surface area contributed by atoms with Gasteiger partial charge in [0.2, 0.25) is 0 Å². The zero-order chi connectivity index (χ0) is 25.0. The summed E-state index contributed by atoms with van der Waals surface area (Å²) in [6.45, 7) is 1.41. The highest BCUT2D eigenvalue weighted by atomic mass is 32.1. The van der Waals surface area contributed by atoms with Crippen LogP contribution in [0.4, 0.5) is 27.1 Å². The van der Waals surface area contributed by atoms with Crippen molar-refractivity contribution in [2.75, 3.05) is 37.7 Å². The van der Waals surface area contributed by atoms with Gasteiger partial charge in [0, 0.05) is 31.7 Å². The summed E-state index contributed by atoms with van der Waals surface area (Å²) in [5.41, 5.74) is -0.0599. The Hall–Kier alpha value is -2.38. The van der Waals surface area contributed by atoms with E-state index in [2.05, 4.69) is 25.1 Å². The van der Waals surface area contributed by atoms with E-state index in [1.165, 1.54) is 17.5 Å². The Morgan fingerprint density at radius 2 is 1.91 bits per heavy atom. The molecule has 192 valence electrons. The van der Waals surface area contributed by atoms with Crippen LogP contribution in [0.2, 0.25) is 0 Å². The number of thiazole rings is 1. The highest BCUT2D eigenvalue weighted by Crippen LogP contribution is 2.29. The van der Waals surface area contributed by atoms with Crippen molar-refractivity contribution in [3.05, 3.63) is 40.7 Å². The first-order valence-electron chi connectivity index (χ1n) is 11.4. The minimum absolute atomic E-state index is 0.0599. The first-order chi connectivity index (χ1) is 16.7. The summed E-state index contributed by atoms with van der Waals surface area (Å²) < 4.78 is 69.1. The molecule has 1 atom stereocenters. The lowest BCUT2D eigenvalue weighted by atomic mass is 9.99. The zero-order valence-corrected chi connectivity index (χ0v) is 19.7. The van der Waals surface area contributed by atoms with Crippen molar-refractivity contribution >= 4 is 22.4 Å². The molecule has 2 aromatic rings. The Balaban J connectivity index is 1.25. The number of carbonyl (C=O) groups is 1. The van der Waals surface area contributed by atoms with Crippen LogP contribution in [-0.2, 0) is 11.3 Å². The van der Waals surface area contributed by atoms with Gasteiger partial charge in [-0.3, -0.25) is 14.7 Å². The van der Waals surface area contributed by atoms with Crippen molar-refractivity contribution in [1.82, 2.24) is 20.2 Å². The largest absolute Gasteiger partial charge is 0.411 e. The Bertz CT molecular complexity index is 1010. The summed E-state index contributed by atoms with van der Waals surface area (Å²) in [5, 5.41) is 3.26. The van der Waals surface area contributed by atoms with Crippen LogP contribution in [-0.4, -0.2) is 71.9 Å². The number of ether oxygens (including phenoxy) is 1. The molecular weight excluding hydrogens is 493 g/mol. The predicted octanol–water partition coefficient (Wildman–Crippen LogP) is 3.76. The van der Waals surface area contributed by atoms with Gasteiger partial charge in [0.1, 0.15) is 23.1 Å². The molecule has 0 bridgehead atoms. The number of amides is 1. The van der Waals surface area contributed by atoms with E-state index in [9.17, 15) is 26.7 Å². The molecule has 2 fully saturated rings. The number of hydrogen-bond donors (Lipinski definition) is 1. The molecule has 35 heavy (non-hydrogen) atoms. The van der Waals surface area contributed by atoms with E-state index in [-0.39, 0.29) is 18.3 Å². The zero-order valence-electron chi connectivity index (χ0n) is 18.9. The highest BCUT2D eigenvalue weighted by Gasteiger charge is 2.33. The molecule has 0 saturated carbocycles. The third-order valence-electron chi connectivity index (χ3n) is 6.16. The monoisotopic (exact) mass is 519 g/mol. The number of alkyl halides is 3.